The van der Waals surface area contributed by atoms with E-state index in [0.29, 0.717) is 24.1 Å². The van der Waals surface area contributed by atoms with Gasteiger partial charge in [0.15, 0.2) is 0 Å². The molecule has 1 amide bonds. The molecule has 0 unspecified atom stereocenters. The van der Waals surface area contributed by atoms with E-state index in [-0.39, 0.29) is 5.75 Å². The van der Waals surface area contributed by atoms with Gasteiger partial charge in [0.05, 0.1) is 5.41 Å². The van der Waals surface area contributed by atoms with E-state index in [1.807, 2.05) is 0 Å². The Labute approximate surface area is 141 Å². The van der Waals surface area contributed by atoms with Crippen LogP contribution in [0.3, 0.4) is 0 Å². The quantitative estimate of drug-likeness (QED) is 0.725. The number of carboxylic acids is 1. The highest BCUT2D eigenvalue weighted by atomic mass is 16.6. The standard InChI is InChI=1S/C18H25NO5/c1-17(2,3)24-16(23)19-14-8-7-12(20)11-13(14)18(15(21)22)9-5-4-6-10-18/h7-8,11,20H,4-6,9-10H2,1-3H3,(H,19,23)(H,21,22). The van der Waals surface area contributed by atoms with Gasteiger partial charge in [0.2, 0.25) is 0 Å². The minimum Gasteiger partial charge on any atom is -0.508 e. The maximum absolute atomic E-state index is 12.1. The lowest BCUT2D eigenvalue weighted by molar-refractivity contribution is -0.145. The summed E-state index contributed by atoms with van der Waals surface area (Å²) in [7, 11) is 0. The van der Waals surface area contributed by atoms with Crippen LogP contribution in [0.15, 0.2) is 18.2 Å². The number of anilines is 1. The van der Waals surface area contributed by atoms with Crippen LogP contribution in [-0.4, -0.2) is 27.9 Å². The van der Waals surface area contributed by atoms with Crippen molar-refractivity contribution in [3.63, 3.8) is 0 Å². The van der Waals surface area contributed by atoms with Gasteiger partial charge in [0.25, 0.3) is 0 Å². The number of phenolic OH excluding ortho intramolecular Hbond substituents is 1. The number of ether oxygens (including phenoxy) is 1. The molecule has 1 aromatic rings. The molecule has 1 aliphatic rings. The molecule has 0 saturated heterocycles. The Morgan fingerprint density at radius 1 is 1.17 bits per heavy atom. The first-order valence-corrected chi connectivity index (χ1v) is 8.21. The molecule has 6 heteroatoms. The summed E-state index contributed by atoms with van der Waals surface area (Å²) in [6.07, 6.45) is 2.90. The number of rotatable bonds is 3. The van der Waals surface area contributed by atoms with Crippen molar-refractivity contribution in [3.8, 4) is 5.75 Å². The fourth-order valence-corrected chi connectivity index (χ4v) is 3.20. The van der Waals surface area contributed by atoms with Gasteiger partial charge >= 0.3 is 12.1 Å². The Morgan fingerprint density at radius 2 is 1.79 bits per heavy atom. The number of aliphatic carboxylic acids is 1. The van der Waals surface area contributed by atoms with E-state index in [2.05, 4.69) is 5.32 Å². The van der Waals surface area contributed by atoms with Crippen molar-refractivity contribution < 1.29 is 24.5 Å². The Balaban J connectivity index is 2.40. The average molecular weight is 335 g/mol. The fraction of sp³-hybridized carbons (Fsp3) is 0.556. The predicted octanol–water partition coefficient (Wildman–Crippen LogP) is 4.03. The predicted molar refractivity (Wildman–Crippen MR) is 90.4 cm³/mol. The molecule has 0 aromatic heterocycles. The number of nitrogens with one attached hydrogen (secondary N) is 1. The molecule has 0 bridgehead atoms. The van der Waals surface area contributed by atoms with Gasteiger partial charge in [-0.25, -0.2) is 4.79 Å². The zero-order chi connectivity index (χ0) is 18.0. The highest BCUT2D eigenvalue weighted by Crippen LogP contribution is 2.44. The summed E-state index contributed by atoms with van der Waals surface area (Å²) >= 11 is 0. The minimum absolute atomic E-state index is 0.0223. The zero-order valence-corrected chi connectivity index (χ0v) is 14.4. The van der Waals surface area contributed by atoms with Crippen LogP contribution in [0.2, 0.25) is 0 Å². The summed E-state index contributed by atoms with van der Waals surface area (Å²) in [6.45, 7) is 5.26. The molecule has 0 aliphatic heterocycles. The van der Waals surface area contributed by atoms with Gasteiger partial charge in [-0.05, 0) is 57.4 Å². The van der Waals surface area contributed by atoms with Crippen LogP contribution in [-0.2, 0) is 14.9 Å². The largest absolute Gasteiger partial charge is 0.508 e. The lowest BCUT2D eigenvalue weighted by Crippen LogP contribution is -2.39. The molecule has 0 spiro atoms. The molecule has 6 nitrogen and oxygen atoms in total. The third-order valence-corrected chi connectivity index (χ3v) is 4.27. The number of aromatic hydroxyl groups is 1. The second-order valence-corrected chi connectivity index (χ2v) is 7.30. The molecule has 2 rings (SSSR count). The average Bonchev–Trinajstić information content (AvgIpc) is 2.47. The summed E-state index contributed by atoms with van der Waals surface area (Å²) in [6, 6.07) is 4.38. The van der Waals surface area contributed by atoms with Crippen LogP contribution in [0.4, 0.5) is 10.5 Å². The van der Waals surface area contributed by atoms with Gasteiger partial charge in [0, 0.05) is 5.69 Å². The number of phenols is 1. The van der Waals surface area contributed by atoms with Crippen LogP contribution >= 0.6 is 0 Å². The molecule has 132 valence electrons. The first kappa shape index (κ1) is 18.1. The molecular weight excluding hydrogens is 310 g/mol. The molecular formula is C18H25NO5. The zero-order valence-electron chi connectivity index (χ0n) is 14.4. The van der Waals surface area contributed by atoms with Gasteiger partial charge in [-0.2, -0.15) is 0 Å². The van der Waals surface area contributed by atoms with Crippen molar-refractivity contribution in [1.82, 2.24) is 0 Å². The number of hydrogen-bond acceptors (Lipinski definition) is 4. The minimum atomic E-state index is -1.10. The Bertz CT molecular complexity index is 627. The van der Waals surface area contributed by atoms with E-state index in [4.69, 9.17) is 4.74 Å². The summed E-state index contributed by atoms with van der Waals surface area (Å²) in [5.41, 5.74) is -0.954. The molecule has 3 N–H and O–H groups in total. The number of carbonyl (C=O) groups excluding carboxylic acids is 1. The van der Waals surface area contributed by atoms with Crippen LogP contribution in [0.25, 0.3) is 0 Å². The van der Waals surface area contributed by atoms with E-state index in [1.54, 1.807) is 20.8 Å². The fourth-order valence-electron chi connectivity index (χ4n) is 3.20. The smallest absolute Gasteiger partial charge is 0.412 e. The Morgan fingerprint density at radius 3 is 2.33 bits per heavy atom. The third-order valence-electron chi connectivity index (χ3n) is 4.27. The van der Waals surface area contributed by atoms with Gasteiger partial charge in [-0.1, -0.05) is 19.3 Å². The molecule has 1 aliphatic carbocycles. The number of benzene rings is 1. The molecule has 1 saturated carbocycles. The topological polar surface area (TPSA) is 95.9 Å². The summed E-state index contributed by atoms with van der Waals surface area (Å²) < 4.78 is 5.25. The number of carboxylic acid groups (broad SMARTS) is 1. The maximum atomic E-state index is 12.1. The number of hydrogen-bond donors (Lipinski definition) is 3. The number of amides is 1. The summed E-state index contributed by atoms with van der Waals surface area (Å²) in [5, 5.41) is 22.3. The highest BCUT2D eigenvalue weighted by Gasteiger charge is 2.43. The SMILES string of the molecule is CC(C)(C)OC(=O)Nc1ccc(O)cc1C1(C(=O)O)CCCCC1. The molecule has 0 heterocycles. The Kier molecular flexibility index (Phi) is 5.06. The van der Waals surface area contributed by atoms with Crippen molar-refractivity contribution in [3.05, 3.63) is 23.8 Å². The Hall–Kier alpha value is -2.24. The summed E-state index contributed by atoms with van der Waals surface area (Å²) in [5.74, 6) is -0.953. The second-order valence-electron chi connectivity index (χ2n) is 7.30. The van der Waals surface area contributed by atoms with Crippen molar-refractivity contribution >= 4 is 17.7 Å². The van der Waals surface area contributed by atoms with E-state index < -0.39 is 23.1 Å². The molecule has 1 fully saturated rings. The lowest BCUT2D eigenvalue weighted by Gasteiger charge is -2.35. The normalized spacial score (nSPS) is 17.1. The molecule has 0 radical (unpaired) electrons. The molecule has 0 atom stereocenters. The first-order chi connectivity index (χ1) is 11.1. The van der Waals surface area contributed by atoms with Crippen LogP contribution in [0.1, 0.15) is 58.4 Å². The molecule has 1 aromatic carbocycles. The van der Waals surface area contributed by atoms with E-state index >= 15 is 0 Å². The monoisotopic (exact) mass is 335 g/mol. The van der Waals surface area contributed by atoms with Crippen LogP contribution in [0.5, 0.6) is 5.75 Å². The third kappa shape index (κ3) is 3.99. The van der Waals surface area contributed by atoms with E-state index in [1.165, 1.54) is 18.2 Å². The number of carbonyl (C=O) groups is 2. The second kappa shape index (κ2) is 6.71. The van der Waals surface area contributed by atoms with Crippen molar-refractivity contribution in [2.24, 2.45) is 0 Å². The van der Waals surface area contributed by atoms with Gasteiger partial charge in [0.1, 0.15) is 11.4 Å². The molecule has 24 heavy (non-hydrogen) atoms. The van der Waals surface area contributed by atoms with Crippen molar-refractivity contribution in [1.29, 1.82) is 0 Å². The van der Waals surface area contributed by atoms with E-state index in [9.17, 15) is 19.8 Å². The van der Waals surface area contributed by atoms with Crippen molar-refractivity contribution in [2.75, 3.05) is 5.32 Å². The van der Waals surface area contributed by atoms with Gasteiger partial charge < -0.3 is 14.9 Å². The first-order valence-electron chi connectivity index (χ1n) is 8.21. The van der Waals surface area contributed by atoms with E-state index in [0.717, 1.165) is 19.3 Å². The van der Waals surface area contributed by atoms with Crippen molar-refractivity contribution in [2.45, 2.75) is 63.9 Å². The summed E-state index contributed by atoms with van der Waals surface area (Å²) in [4.78, 5) is 24.1. The van der Waals surface area contributed by atoms with Gasteiger partial charge in [-0.3, -0.25) is 10.1 Å². The highest BCUT2D eigenvalue weighted by molar-refractivity contribution is 5.90. The lowest BCUT2D eigenvalue weighted by atomic mass is 9.69. The van der Waals surface area contributed by atoms with Crippen LogP contribution in [0, 0.1) is 0 Å². The maximum Gasteiger partial charge on any atom is 0.412 e. The van der Waals surface area contributed by atoms with Gasteiger partial charge in [-0.15, -0.1) is 0 Å². The van der Waals surface area contributed by atoms with Crippen LogP contribution < -0.4 is 5.32 Å².